The highest BCUT2D eigenvalue weighted by molar-refractivity contribution is 6.29. The summed E-state index contributed by atoms with van der Waals surface area (Å²) in [4.78, 5) is 8.68. The molecule has 1 unspecified atom stereocenters. The molecule has 1 fully saturated rings. The van der Waals surface area contributed by atoms with Crippen molar-refractivity contribution < 1.29 is 4.74 Å². The van der Waals surface area contributed by atoms with Crippen molar-refractivity contribution >= 4 is 22.6 Å². The van der Waals surface area contributed by atoms with Gasteiger partial charge in [0.15, 0.2) is 0 Å². The van der Waals surface area contributed by atoms with Gasteiger partial charge in [-0.05, 0) is 18.2 Å². The Morgan fingerprint density at radius 1 is 1.25 bits per heavy atom. The third kappa shape index (κ3) is 2.26. The molecule has 1 saturated heterocycles. The molecule has 0 saturated carbocycles. The van der Waals surface area contributed by atoms with Gasteiger partial charge in [0.2, 0.25) is 0 Å². The molecule has 100 valence electrons. The first-order valence-electron chi connectivity index (χ1n) is 6.35. The summed E-state index contributed by atoms with van der Waals surface area (Å²) in [7, 11) is 0. The lowest BCUT2D eigenvalue weighted by atomic mass is 10.1. The molecule has 0 aromatic carbocycles. The van der Waals surface area contributed by atoms with Crippen LogP contribution in [0.2, 0.25) is 5.15 Å². The Kier molecular flexibility index (Phi) is 2.68. The maximum atomic E-state index is 5.92. The van der Waals surface area contributed by atoms with E-state index in [1.54, 1.807) is 6.07 Å². The van der Waals surface area contributed by atoms with Gasteiger partial charge in [0.05, 0.1) is 30.4 Å². The molecule has 4 rings (SSSR count). The van der Waals surface area contributed by atoms with E-state index >= 15 is 0 Å². The van der Waals surface area contributed by atoms with E-state index in [-0.39, 0.29) is 0 Å². The van der Waals surface area contributed by atoms with Gasteiger partial charge in [0.25, 0.3) is 0 Å². The molecule has 0 spiro atoms. The minimum atomic E-state index is 0.318. The lowest BCUT2D eigenvalue weighted by molar-refractivity contribution is 0.373. The van der Waals surface area contributed by atoms with Crippen LogP contribution >= 0.6 is 11.6 Å². The van der Waals surface area contributed by atoms with Gasteiger partial charge >= 0.3 is 0 Å². The van der Waals surface area contributed by atoms with Crippen LogP contribution in [0.25, 0.3) is 22.2 Å². The molecule has 3 aromatic heterocycles. The molecule has 0 N–H and O–H groups in total. The monoisotopic (exact) mass is 286 g/mol. The Labute approximate surface area is 120 Å². The third-order valence-electron chi connectivity index (χ3n) is 3.26. The summed E-state index contributed by atoms with van der Waals surface area (Å²) < 4.78 is 7.09. The van der Waals surface area contributed by atoms with Gasteiger partial charge in [-0.15, -0.1) is 0 Å². The highest BCUT2D eigenvalue weighted by atomic mass is 35.5. The van der Waals surface area contributed by atoms with E-state index in [1.807, 2.05) is 35.4 Å². The van der Waals surface area contributed by atoms with Gasteiger partial charge < -0.3 is 4.74 Å². The number of ether oxygens (including phenoxy) is 1. The highest BCUT2D eigenvalue weighted by Crippen LogP contribution is 2.23. The zero-order valence-corrected chi connectivity index (χ0v) is 11.3. The lowest BCUT2D eigenvalue weighted by Crippen LogP contribution is -2.03. The Bertz CT molecular complexity index is 782. The van der Waals surface area contributed by atoms with E-state index in [9.17, 15) is 0 Å². The fraction of sp³-hybridized carbons (Fsp3) is 0.214. The van der Waals surface area contributed by atoms with Crippen molar-refractivity contribution in [3.05, 3.63) is 41.9 Å². The number of hydrogen-bond donors (Lipinski definition) is 0. The van der Waals surface area contributed by atoms with Crippen molar-refractivity contribution in [2.24, 2.45) is 0 Å². The van der Waals surface area contributed by atoms with Crippen molar-refractivity contribution in [2.45, 2.75) is 12.6 Å². The van der Waals surface area contributed by atoms with Gasteiger partial charge in [0, 0.05) is 23.5 Å². The van der Waals surface area contributed by atoms with E-state index in [1.165, 1.54) is 0 Å². The lowest BCUT2D eigenvalue weighted by Gasteiger charge is -2.00. The zero-order chi connectivity index (χ0) is 13.5. The molecule has 20 heavy (non-hydrogen) atoms. The maximum absolute atomic E-state index is 5.92. The molecule has 0 aliphatic carbocycles. The quantitative estimate of drug-likeness (QED) is 0.548. The molecule has 3 aromatic rings. The summed E-state index contributed by atoms with van der Waals surface area (Å²) in [6.07, 6.45) is 5.97. The number of fused-ring (bicyclic) bond motifs is 1. The predicted octanol–water partition coefficient (Wildman–Crippen LogP) is 2.55. The maximum Gasteiger partial charge on any atom is 0.129 e. The van der Waals surface area contributed by atoms with Crippen LogP contribution in [0.5, 0.6) is 0 Å². The van der Waals surface area contributed by atoms with Crippen molar-refractivity contribution in [3.8, 4) is 11.1 Å². The van der Waals surface area contributed by atoms with Gasteiger partial charge in [0.1, 0.15) is 11.3 Å². The standard InChI is InChI=1S/C14H11ClN4O/c15-14-2-1-12-13(18-14)3-9(4-16-12)10-5-17-19(6-10)7-11-8-20-11/h1-6,11H,7-8H2. The summed E-state index contributed by atoms with van der Waals surface area (Å²) >= 11 is 5.92. The number of halogens is 1. The first-order valence-corrected chi connectivity index (χ1v) is 6.72. The number of nitrogens with zero attached hydrogens (tertiary/aromatic N) is 4. The second-order valence-corrected chi connectivity index (χ2v) is 5.19. The normalized spacial score (nSPS) is 17.6. The fourth-order valence-electron chi connectivity index (χ4n) is 2.13. The van der Waals surface area contributed by atoms with Crippen LogP contribution in [0.4, 0.5) is 0 Å². The summed E-state index contributed by atoms with van der Waals surface area (Å²) in [6, 6.07) is 5.58. The van der Waals surface area contributed by atoms with Crippen LogP contribution in [0.15, 0.2) is 36.8 Å². The smallest absolute Gasteiger partial charge is 0.129 e. The number of hydrogen-bond acceptors (Lipinski definition) is 4. The minimum Gasteiger partial charge on any atom is -0.371 e. The summed E-state index contributed by atoms with van der Waals surface area (Å²) in [5, 5.41) is 4.80. The van der Waals surface area contributed by atoms with Crippen LogP contribution in [-0.4, -0.2) is 32.5 Å². The highest BCUT2D eigenvalue weighted by Gasteiger charge is 2.23. The second kappa shape index (κ2) is 4.54. The van der Waals surface area contributed by atoms with E-state index in [2.05, 4.69) is 15.1 Å². The summed E-state index contributed by atoms with van der Waals surface area (Å²) in [6.45, 7) is 1.63. The van der Waals surface area contributed by atoms with E-state index < -0.39 is 0 Å². The van der Waals surface area contributed by atoms with Crippen molar-refractivity contribution in [2.75, 3.05) is 6.61 Å². The average molecular weight is 287 g/mol. The van der Waals surface area contributed by atoms with Gasteiger partial charge in [-0.3, -0.25) is 9.67 Å². The largest absolute Gasteiger partial charge is 0.371 e. The van der Waals surface area contributed by atoms with Crippen LogP contribution in [0.1, 0.15) is 0 Å². The van der Waals surface area contributed by atoms with Crippen LogP contribution in [0.3, 0.4) is 0 Å². The first kappa shape index (κ1) is 11.8. The number of aromatic nitrogens is 4. The molecule has 0 bridgehead atoms. The van der Waals surface area contributed by atoms with E-state index in [0.717, 1.165) is 35.3 Å². The zero-order valence-electron chi connectivity index (χ0n) is 10.5. The molecule has 6 heteroatoms. The number of rotatable bonds is 3. The Hall–Kier alpha value is -1.98. The van der Waals surface area contributed by atoms with Gasteiger partial charge in [-0.25, -0.2) is 4.98 Å². The topological polar surface area (TPSA) is 56.1 Å². The summed E-state index contributed by atoms with van der Waals surface area (Å²) in [5.74, 6) is 0. The van der Waals surface area contributed by atoms with Crippen LogP contribution in [-0.2, 0) is 11.3 Å². The first-order chi connectivity index (χ1) is 9.78. The molecule has 0 amide bonds. The third-order valence-corrected chi connectivity index (χ3v) is 3.47. The number of epoxide rings is 1. The molecule has 5 nitrogen and oxygen atoms in total. The van der Waals surface area contributed by atoms with E-state index in [0.29, 0.717) is 11.3 Å². The number of pyridine rings is 2. The molecule has 0 radical (unpaired) electrons. The fourth-order valence-corrected chi connectivity index (χ4v) is 2.29. The molecule has 1 atom stereocenters. The SMILES string of the molecule is Clc1ccc2ncc(-c3cnn(CC4CO4)c3)cc2n1. The Morgan fingerprint density at radius 2 is 2.15 bits per heavy atom. The molecule has 1 aliphatic rings. The van der Waals surface area contributed by atoms with Crippen molar-refractivity contribution in [1.29, 1.82) is 0 Å². The van der Waals surface area contributed by atoms with E-state index in [4.69, 9.17) is 16.3 Å². The predicted molar refractivity (Wildman–Crippen MR) is 75.5 cm³/mol. The molecule has 1 aliphatic heterocycles. The van der Waals surface area contributed by atoms with Crippen molar-refractivity contribution in [3.63, 3.8) is 0 Å². The molecule has 4 heterocycles. The van der Waals surface area contributed by atoms with Gasteiger partial charge in [-0.1, -0.05) is 11.6 Å². The minimum absolute atomic E-state index is 0.318. The van der Waals surface area contributed by atoms with Crippen molar-refractivity contribution in [1.82, 2.24) is 19.7 Å². The summed E-state index contributed by atoms with van der Waals surface area (Å²) in [5.41, 5.74) is 3.61. The second-order valence-electron chi connectivity index (χ2n) is 4.80. The van der Waals surface area contributed by atoms with Gasteiger partial charge in [-0.2, -0.15) is 5.10 Å². The van der Waals surface area contributed by atoms with Crippen LogP contribution < -0.4 is 0 Å². The van der Waals surface area contributed by atoms with Crippen LogP contribution in [0, 0.1) is 0 Å². The molecular formula is C14H11ClN4O. The Morgan fingerprint density at radius 3 is 3.00 bits per heavy atom. The Balaban J connectivity index is 1.71. The molecular weight excluding hydrogens is 276 g/mol. The average Bonchev–Trinajstić information content (AvgIpc) is 3.13.